The van der Waals surface area contributed by atoms with E-state index >= 15 is 0 Å². The van der Waals surface area contributed by atoms with Crippen molar-refractivity contribution in [3.8, 4) is 0 Å². The van der Waals surface area contributed by atoms with Crippen molar-refractivity contribution >= 4 is 0 Å². The minimum atomic E-state index is 0.558. The van der Waals surface area contributed by atoms with Gasteiger partial charge in [-0.1, -0.05) is 46.5 Å². The lowest BCUT2D eigenvalue weighted by Gasteiger charge is -2.20. The van der Waals surface area contributed by atoms with E-state index in [2.05, 4.69) is 20.8 Å². The molecule has 1 fully saturated rings. The fourth-order valence-corrected chi connectivity index (χ4v) is 2.19. The van der Waals surface area contributed by atoms with Crippen LogP contribution in [0.4, 0.5) is 0 Å². The maximum atomic E-state index is 5.37. The van der Waals surface area contributed by atoms with Crippen molar-refractivity contribution in [2.45, 2.75) is 58.5 Å². The van der Waals surface area contributed by atoms with E-state index < -0.39 is 0 Å². The van der Waals surface area contributed by atoms with Crippen LogP contribution in [-0.4, -0.2) is 12.7 Å². The van der Waals surface area contributed by atoms with Gasteiger partial charge in [0.15, 0.2) is 0 Å². The first-order valence-electron chi connectivity index (χ1n) is 6.22. The number of rotatable bonds is 8. The molecular formula is C13H25O. The second-order valence-corrected chi connectivity index (χ2v) is 4.57. The number of epoxide rings is 1. The topological polar surface area (TPSA) is 12.5 Å². The molecule has 1 heterocycles. The zero-order chi connectivity index (χ0) is 10.4. The second kappa shape index (κ2) is 6.44. The predicted octanol–water partition coefficient (Wildman–Crippen LogP) is 3.83. The summed E-state index contributed by atoms with van der Waals surface area (Å²) in [6.07, 6.45) is 8.37. The SMILES string of the molecule is [CH2]CC(CC(CC)CCCC)C1CO1. The Bertz CT molecular complexity index is 140. The molecular weight excluding hydrogens is 172 g/mol. The minimum Gasteiger partial charge on any atom is -0.373 e. The molecule has 1 heteroatoms. The first-order valence-corrected chi connectivity index (χ1v) is 6.22. The zero-order valence-electron chi connectivity index (χ0n) is 9.80. The summed E-state index contributed by atoms with van der Waals surface area (Å²) in [6, 6.07) is 0. The Morgan fingerprint density at radius 2 is 2.14 bits per heavy atom. The van der Waals surface area contributed by atoms with Gasteiger partial charge < -0.3 is 4.74 Å². The van der Waals surface area contributed by atoms with Gasteiger partial charge in [0.25, 0.3) is 0 Å². The summed E-state index contributed by atoms with van der Waals surface area (Å²) in [5.41, 5.74) is 0. The quantitative estimate of drug-likeness (QED) is 0.539. The van der Waals surface area contributed by atoms with Crippen LogP contribution in [0.5, 0.6) is 0 Å². The van der Waals surface area contributed by atoms with Crippen LogP contribution in [-0.2, 0) is 4.74 Å². The monoisotopic (exact) mass is 197 g/mol. The van der Waals surface area contributed by atoms with Crippen molar-refractivity contribution in [1.82, 2.24) is 0 Å². The Labute approximate surface area is 89.2 Å². The van der Waals surface area contributed by atoms with Crippen LogP contribution in [0.1, 0.15) is 52.4 Å². The fraction of sp³-hybridized carbons (Fsp3) is 0.923. The van der Waals surface area contributed by atoms with E-state index in [0.717, 1.165) is 24.9 Å². The summed E-state index contributed by atoms with van der Waals surface area (Å²) in [7, 11) is 0. The van der Waals surface area contributed by atoms with Gasteiger partial charge in [-0.05, 0) is 24.7 Å². The highest BCUT2D eigenvalue weighted by Crippen LogP contribution is 2.31. The van der Waals surface area contributed by atoms with Crippen LogP contribution >= 0.6 is 0 Å². The summed E-state index contributed by atoms with van der Waals surface area (Å²) in [6.45, 7) is 9.61. The Balaban J connectivity index is 2.22. The van der Waals surface area contributed by atoms with E-state index in [4.69, 9.17) is 4.74 Å². The Hall–Kier alpha value is -0.0400. The van der Waals surface area contributed by atoms with Gasteiger partial charge >= 0.3 is 0 Å². The molecule has 0 aromatic rings. The molecule has 1 radical (unpaired) electrons. The smallest absolute Gasteiger partial charge is 0.0838 e. The average Bonchev–Trinajstić information content (AvgIpc) is 3.02. The van der Waals surface area contributed by atoms with Crippen LogP contribution in [0.3, 0.4) is 0 Å². The van der Waals surface area contributed by atoms with E-state index in [-0.39, 0.29) is 0 Å². The normalized spacial score (nSPS) is 24.6. The molecule has 83 valence electrons. The van der Waals surface area contributed by atoms with Crippen LogP contribution < -0.4 is 0 Å². The van der Waals surface area contributed by atoms with Gasteiger partial charge in [-0.15, -0.1) is 0 Å². The number of ether oxygens (including phenoxy) is 1. The molecule has 0 amide bonds. The van der Waals surface area contributed by atoms with Crippen molar-refractivity contribution in [1.29, 1.82) is 0 Å². The molecule has 1 nitrogen and oxygen atoms in total. The van der Waals surface area contributed by atoms with Crippen LogP contribution in [0.15, 0.2) is 0 Å². The molecule has 1 rings (SSSR count). The third-order valence-corrected chi connectivity index (χ3v) is 3.44. The highest BCUT2D eigenvalue weighted by molar-refractivity contribution is 4.81. The summed E-state index contributed by atoms with van der Waals surface area (Å²) in [5.74, 6) is 1.64. The van der Waals surface area contributed by atoms with E-state index in [9.17, 15) is 0 Å². The number of unbranched alkanes of at least 4 members (excludes halogenated alkanes) is 1. The molecule has 0 aliphatic carbocycles. The summed E-state index contributed by atoms with van der Waals surface area (Å²) < 4.78 is 5.37. The van der Waals surface area contributed by atoms with Crippen molar-refractivity contribution in [2.24, 2.45) is 11.8 Å². The summed E-state index contributed by atoms with van der Waals surface area (Å²) >= 11 is 0. The fourth-order valence-electron chi connectivity index (χ4n) is 2.19. The molecule has 0 aromatic heterocycles. The van der Waals surface area contributed by atoms with E-state index in [0.29, 0.717) is 6.10 Å². The van der Waals surface area contributed by atoms with Gasteiger partial charge in [-0.3, -0.25) is 0 Å². The highest BCUT2D eigenvalue weighted by atomic mass is 16.6. The van der Waals surface area contributed by atoms with Gasteiger partial charge in [0, 0.05) is 0 Å². The highest BCUT2D eigenvalue weighted by Gasteiger charge is 2.32. The van der Waals surface area contributed by atoms with Crippen LogP contribution in [0.25, 0.3) is 0 Å². The molecule has 1 aliphatic rings. The molecule has 1 saturated heterocycles. The third-order valence-electron chi connectivity index (χ3n) is 3.44. The van der Waals surface area contributed by atoms with Crippen LogP contribution in [0.2, 0.25) is 0 Å². The molecule has 14 heavy (non-hydrogen) atoms. The largest absolute Gasteiger partial charge is 0.373 e. The van der Waals surface area contributed by atoms with Crippen LogP contribution in [0, 0.1) is 18.8 Å². The number of hydrogen-bond acceptors (Lipinski definition) is 1. The Kier molecular flexibility index (Phi) is 5.54. The standard InChI is InChI=1S/C13H25O/c1-4-7-8-11(5-2)9-12(6-3)13-10-14-13/h11-13H,3-10H2,1-2H3. The van der Waals surface area contributed by atoms with Crippen molar-refractivity contribution < 1.29 is 4.74 Å². The maximum Gasteiger partial charge on any atom is 0.0838 e. The molecule has 3 atom stereocenters. The van der Waals surface area contributed by atoms with Crippen molar-refractivity contribution in [3.63, 3.8) is 0 Å². The lowest BCUT2D eigenvalue weighted by Crippen LogP contribution is -2.13. The molecule has 1 aliphatic heterocycles. The summed E-state index contributed by atoms with van der Waals surface area (Å²) in [5, 5.41) is 0. The predicted molar refractivity (Wildman–Crippen MR) is 61.1 cm³/mol. The lowest BCUT2D eigenvalue weighted by atomic mass is 9.86. The molecule has 3 unspecified atom stereocenters. The molecule has 0 bridgehead atoms. The molecule has 0 spiro atoms. The first-order chi connectivity index (χ1) is 6.81. The molecule has 0 N–H and O–H groups in total. The summed E-state index contributed by atoms with van der Waals surface area (Å²) in [4.78, 5) is 0. The average molecular weight is 197 g/mol. The van der Waals surface area contributed by atoms with Crippen molar-refractivity contribution in [2.75, 3.05) is 6.61 Å². The Morgan fingerprint density at radius 3 is 2.57 bits per heavy atom. The van der Waals surface area contributed by atoms with Gasteiger partial charge in [-0.2, -0.15) is 0 Å². The molecule has 0 saturated carbocycles. The Morgan fingerprint density at radius 1 is 1.43 bits per heavy atom. The van der Waals surface area contributed by atoms with Gasteiger partial charge in [0.1, 0.15) is 0 Å². The van der Waals surface area contributed by atoms with E-state index in [1.807, 2.05) is 0 Å². The lowest BCUT2D eigenvalue weighted by molar-refractivity contribution is 0.267. The maximum absolute atomic E-state index is 5.37. The van der Waals surface area contributed by atoms with Gasteiger partial charge in [0.2, 0.25) is 0 Å². The zero-order valence-corrected chi connectivity index (χ0v) is 9.80. The van der Waals surface area contributed by atoms with E-state index in [1.54, 1.807) is 0 Å². The molecule has 0 aromatic carbocycles. The number of hydrogen-bond donors (Lipinski definition) is 0. The van der Waals surface area contributed by atoms with Gasteiger partial charge in [0.05, 0.1) is 12.7 Å². The minimum absolute atomic E-state index is 0.558. The van der Waals surface area contributed by atoms with Gasteiger partial charge in [-0.25, -0.2) is 0 Å². The van der Waals surface area contributed by atoms with E-state index in [1.165, 1.54) is 32.1 Å². The second-order valence-electron chi connectivity index (χ2n) is 4.57. The third kappa shape index (κ3) is 4.00. The first kappa shape index (κ1) is 12.0. The van der Waals surface area contributed by atoms with Crippen molar-refractivity contribution in [3.05, 3.63) is 6.92 Å².